The first-order valence-electron chi connectivity index (χ1n) is 11.4. The van der Waals surface area contributed by atoms with Crippen molar-refractivity contribution >= 4 is 27.1 Å². The van der Waals surface area contributed by atoms with E-state index in [1.807, 2.05) is 4.90 Å². The van der Waals surface area contributed by atoms with Gasteiger partial charge in [0.15, 0.2) is 9.84 Å². The fourth-order valence-corrected chi connectivity index (χ4v) is 6.74. The Balaban J connectivity index is 1.51. The van der Waals surface area contributed by atoms with Crippen LogP contribution >= 0.6 is 0 Å². The molecular formula is C23H35N3O4S. The number of anilines is 2. The number of nitrogens with zero attached hydrogens (tertiary/aromatic N) is 3. The molecule has 4 aliphatic heterocycles. The Kier molecular flexibility index (Phi) is 6.23. The van der Waals surface area contributed by atoms with Crippen molar-refractivity contribution in [1.29, 1.82) is 0 Å². The summed E-state index contributed by atoms with van der Waals surface area (Å²) in [5.74, 6) is 1.02. The minimum absolute atomic E-state index is 0.0549. The largest absolute Gasteiger partial charge is 0.396 e. The first-order valence-corrected chi connectivity index (χ1v) is 13.2. The van der Waals surface area contributed by atoms with Crippen LogP contribution in [0.15, 0.2) is 24.3 Å². The molecule has 1 aromatic rings. The predicted octanol–water partition coefficient (Wildman–Crippen LogP) is 1.76. The molecule has 4 saturated heterocycles. The number of carbonyl (C=O) groups is 1. The molecule has 7 nitrogen and oxygen atoms in total. The van der Waals surface area contributed by atoms with Crippen LogP contribution in [0.3, 0.4) is 0 Å². The van der Waals surface area contributed by atoms with Gasteiger partial charge in [0, 0.05) is 57.1 Å². The van der Waals surface area contributed by atoms with Crippen LogP contribution in [0.25, 0.3) is 0 Å². The van der Waals surface area contributed by atoms with Crippen molar-refractivity contribution in [3.63, 3.8) is 0 Å². The molecule has 172 valence electrons. The zero-order chi connectivity index (χ0) is 22.2. The van der Waals surface area contributed by atoms with Crippen LogP contribution in [0.1, 0.15) is 33.1 Å². The van der Waals surface area contributed by atoms with E-state index in [-0.39, 0.29) is 35.5 Å². The number of aliphatic hydroxyl groups is 1. The van der Waals surface area contributed by atoms with Crippen molar-refractivity contribution in [2.45, 2.75) is 39.2 Å². The number of carbonyl (C=O) groups excluding carboxylic acids is 1. The lowest BCUT2D eigenvalue weighted by Crippen LogP contribution is -2.54. The van der Waals surface area contributed by atoms with Crippen molar-refractivity contribution in [3.05, 3.63) is 24.3 Å². The van der Waals surface area contributed by atoms with E-state index in [0.717, 1.165) is 31.7 Å². The van der Waals surface area contributed by atoms with Gasteiger partial charge in [0.2, 0.25) is 5.91 Å². The third-order valence-electron chi connectivity index (χ3n) is 7.21. The number of fused-ring (bicyclic) bond motifs is 4. The Morgan fingerprint density at radius 1 is 1.06 bits per heavy atom. The first kappa shape index (κ1) is 22.4. The topological polar surface area (TPSA) is 81.2 Å². The Labute approximate surface area is 185 Å². The van der Waals surface area contributed by atoms with Crippen molar-refractivity contribution in [2.75, 3.05) is 60.6 Å². The van der Waals surface area contributed by atoms with Gasteiger partial charge in [-0.25, -0.2) is 8.42 Å². The van der Waals surface area contributed by atoms with Crippen molar-refractivity contribution in [1.82, 2.24) is 4.90 Å². The summed E-state index contributed by atoms with van der Waals surface area (Å²) in [6.45, 7) is 8.23. The van der Waals surface area contributed by atoms with Crippen molar-refractivity contribution in [2.24, 2.45) is 11.3 Å². The Hall–Kier alpha value is -1.80. The summed E-state index contributed by atoms with van der Waals surface area (Å²) in [6.07, 6.45) is 2.05. The number of rotatable bonds is 5. The van der Waals surface area contributed by atoms with Crippen LogP contribution in [0.4, 0.5) is 11.4 Å². The van der Waals surface area contributed by atoms with E-state index < -0.39 is 9.84 Å². The second-order valence-electron chi connectivity index (χ2n) is 10.0. The van der Waals surface area contributed by atoms with Crippen LogP contribution in [0.2, 0.25) is 0 Å². The van der Waals surface area contributed by atoms with Gasteiger partial charge in [0.25, 0.3) is 0 Å². The van der Waals surface area contributed by atoms with Crippen LogP contribution < -0.4 is 9.80 Å². The van der Waals surface area contributed by atoms with Gasteiger partial charge in [-0.15, -0.1) is 0 Å². The van der Waals surface area contributed by atoms with Gasteiger partial charge in [-0.05, 0) is 48.4 Å². The van der Waals surface area contributed by atoms with Crippen molar-refractivity contribution in [3.8, 4) is 0 Å². The number of hydrogen-bond acceptors (Lipinski definition) is 6. The van der Waals surface area contributed by atoms with Crippen LogP contribution in [-0.2, 0) is 14.6 Å². The van der Waals surface area contributed by atoms with E-state index >= 15 is 0 Å². The third kappa shape index (κ3) is 4.85. The number of aliphatic hydroxyl groups excluding tert-OH is 1. The maximum atomic E-state index is 12.7. The normalized spacial score (nSPS) is 27.3. The molecule has 5 rings (SSSR count). The molecule has 0 radical (unpaired) electrons. The highest BCUT2D eigenvalue weighted by molar-refractivity contribution is 7.91. The lowest BCUT2D eigenvalue weighted by molar-refractivity contribution is -0.131. The Morgan fingerprint density at radius 2 is 1.71 bits per heavy atom. The fraction of sp³-hybridized carbons (Fsp3) is 0.696. The van der Waals surface area contributed by atoms with Gasteiger partial charge >= 0.3 is 0 Å². The zero-order valence-corrected chi connectivity index (χ0v) is 19.5. The average molecular weight is 450 g/mol. The predicted molar refractivity (Wildman–Crippen MR) is 123 cm³/mol. The molecule has 0 aromatic heterocycles. The summed E-state index contributed by atoms with van der Waals surface area (Å²) in [5, 5.41) is 9.09. The van der Waals surface area contributed by atoms with Gasteiger partial charge in [-0.2, -0.15) is 0 Å². The van der Waals surface area contributed by atoms with Gasteiger partial charge in [-0.3, -0.25) is 4.79 Å². The molecule has 8 heteroatoms. The van der Waals surface area contributed by atoms with Crippen LogP contribution in [0.5, 0.6) is 0 Å². The molecule has 1 N–H and O–H groups in total. The van der Waals surface area contributed by atoms with E-state index in [2.05, 4.69) is 47.9 Å². The van der Waals surface area contributed by atoms with E-state index in [4.69, 9.17) is 5.11 Å². The summed E-state index contributed by atoms with van der Waals surface area (Å²) in [7, 11) is -2.89. The maximum Gasteiger partial charge on any atom is 0.222 e. The molecule has 2 atom stereocenters. The molecule has 0 aliphatic carbocycles. The van der Waals surface area contributed by atoms with Gasteiger partial charge in [0.1, 0.15) is 0 Å². The number of amides is 1. The number of benzene rings is 1. The van der Waals surface area contributed by atoms with Crippen LogP contribution in [-0.4, -0.2) is 81.2 Å². The summed E-state index contributed by atoms with van der Waals surface area (Å²) in [4.78, 5) is 19.3. The van der Waals surface area contributed by atoms with E-state index in [1.54, 1.807) is 0 Å². The zero-order valence-electron chi connectivity index (χ0n) is 18.7. The highest BCUT2D eigenvalue weighted by atomic mass is 32.2. The monoisotopic (exact) mass is 449 g/mol. The van der Waals surface area contributed by atoms with E-state index in [1.165, 1.54) is 5.69 Å². The second-order valence-corrected chi connectivity index (χ2v) is 12.3. The van der Waals surface area contributed by atoms with Gasteiger partial charge in [0.05, 0.1) is 17.5 Å². The minimum atomic E-state index is -2.89. The van der Waals surface area contributed by atoms with Crippen molar-refractivity contribution < 1.29 is 18.3 Å². The molecule has 4 heterocycles. The molecular weight excluding hydrogens is 414 g/mol. The smallest absolute Gasteiger partial charge is 0.222 e. The number of hydrogen-bond donors (Lipinski definition) is 1. The summed E-state index contributed by atoms with van der Waals surface area (Å²) in [6, 6.07) is 8.74. The third-order valence-corrected chi connectivity index (χ3v) is 8.82. The summed E-state index contributed by atoms with van der Waals surface area (Å²) >= 11 is 0. The molecule has 0 saturated carbocycles. The average Bonchev–Trinajstić information content (AvgIpc) is 2.99. The Morgan fingerprint density at radius 3 is 2.35 bits per heavy atom. The molecule has 1 aromatic carbocycles. The molecule has 4 aliphatic rings. The number of piperidine rings is 1. The lowest BCUT2D eigenvalue weighted by atomic mass is 9.73. The number of sulfone groups is 1. The molecule has 1 unspecified atom stereocenters. The molecule has 0 spiro atoms. The lowest BCUT2D eigenvalue weighted by Gasteiger charge is -2.48. The Bertz CT molecular complexity index is 886. The minimum Gasteiger partial charge on any atom is -0.396 e. The standard InChI is InChI=1S/C23H35N3O4S/c1-23(2)14-18-15-25(22(28)4-3-11-27)17-21(23)26(16-18)20-7-5-19(6-8-20)24-9-12-31(29,30)13-10-24/h5-8,18,21,27H,3-4,9-17H2,1-2H3/t18?,21-/m1/s1. The highest BCUT2D eigenvalue weighted by Gasteiger charge is 2.46. The highest BCUT2D eigenvalue weighted by Crippen LogP contribution is 2.43. The summed E-state index contributed by atoms with van der Waals surface area (Å²) < 4.78 is 23.4. The first-order chi connectivity index (χ1) is 14.7. The molecule has 1 amide bonds. The van der Waals surface area contributed by atoms with Crippen LogP contribution in [0, 0.1) is 11.3 Å². The SMILES string of the molecule is CC1(C)CC2CN(C(=O)CCCO)C[C@H]1N(c1ccc(N3CCS(=O)(=O)CC3)cc1)C2. The quantitative estimate of drug-likeness (QED) is 0.738. The molecule has 2 bridgehead atoms. The molecule has 31 heavy (non-hydrogen) atoms. The van der Waals surface area contributed by atoms with Gasteiger partial charge < -0.3 is 19.8 Å². The maximum absolute atomic E-state index is 12.7. The van der Waals surface area contributed by atoms with E-state index in [0.29, 0.717) is 31.8 Å². The van der Waals surface area contributed by atoms with Gasteiger partial charge in [-0.1, -0.05) is 13.8 Å². The summed E-state index contributed by atoms with van der Waals surface area (Å²) in [5.41, 5.74) is 2.34. The fourth-order valence-electron chi connectivity index (χ4n) is 5.54. The van der Waals surface area contributed by atoms with E-state index in [9.17, 15) is 13.2 Å². The second kappa shape index (κ2) is 8.62. The molecule has 4 fully saturated rings.